The number of ether oxygens (including phenoxy) is 1. The van der Waals surface area contributed by atoms with Gasteiger partial charge in [0.1, 0.15) is 5.60 Å². The lowest BCUT2D eigenvalue weighted by Crippen LogP contribution is -2.44. The molecular formula is C14H18FNO3. The minimum Gasteiger partial charge on any atom is -0.494 e. The number of amides is 1. The van der Waals surface area contributed by atoms with Gasteiger partial charge >= 0.3 is 0 Å². The van der Waals surface area contributed by atoms with Crippen LogP contribution in [0.5, 0.6) is 5.75 Å². The molecule has 0 spiro atoms. The molecule has 19 heavy (non-hydrogen) atoms. The second-order valence-electron chi connectivity index (χ2n) is 4.89. The van der Waals surface area contributed by atoms with Gasteiger partial charge in [-0.15, -0.1) is 0 Å². The minimum atomic E-state index is -1.25. The summed E-state index contributed by atoms with van der Waals surface area (Å²) in [5, 5.41) is 12.7. The van der Waals surface area contributed by atoms with E-state index in [0.717, 1.165) is 12.8 Å². The van der Waals surface area contributed by atoms with Crippen LogP contribution in [0.4, 0.5) is 4.39 Å². The molecule has 1 amide bonds. The number of nitrogens with one attached hydrogen (secondary N) is 1. The zero-order chi connectivity index (χ0) is 13.9. The van der Waals surface area contributed by atoms with Gasteiger partial charge in [-0.1, -0.05) is 6.07 Å². The Kier molecular flexibility index (Phi) is 4.04. The average molecular weight is 267 g/mol. The lowest BCUT2D eigenvalue weighted by Gasteiger charge is -2.20. The molecule has 2 N–H and O–H groups in total. The van der Waals surface area contributed by atoms with Gasteiger partial charge in [0.15, 0.2) is 11.6 Å². The van der Waals surface area contributed by atoms with E-state index >= 15 is 0 Å². The molecule has 2 rings (SSSR count). The van der Waals surface area contributed by atoms with Crippen molar-refractivity contribution in [2.24, 2.45) is 0 Å². The molecule has 104 valence electrons. The van der Waals surface area contributed by atoms with E-state index in [-0.39, 0.29) is 18.2 Å². The molecule has 1 aliphatic rings. The monoisotopic (exact) mass is 267 g/mol. The first-order valence-electron chi connectivity index (χ1n) is 6.38. The van der Waals surface area contributed by atoms with Crippen molar-refractivity contribution < 1.29 is 19.0 Å². The Bertz CT molecular complexity index is 470. The van der Waals surface area contributed by atoms with E-state index in [1.165, 1.54) is 19.2 Å². The minimum absolute atomic E-state index is 0.171. The summed E-state index contributed by atoms with van der Waals surface area (Å²) in [7, 11) is 1.40. The van der Waals surface area contributed by atoms with Crippen molar-refractivity contribution in [3.05, 3.63) is 29.6 Å². The smallest absolute Gasteiger partial charge is 0.252 e. The standard InChI is InChI=1S/C14H18FNO3/c1-19-12-5-4-10(8-11(12)15)9-16-13(17)14(18)6-2-3-7-14/h4-5,8,18H,2-3,6-7,9H2,1H3,(H,16,17). The van der Waals surface area contributed by atoms with E-state index in [0.29, 0.717) is 18.4 Å². The summed E-state index contributed by atoms with van der Waals surface area (Å²) in [6, 6.07) is 4.51. The molecule has 1 aromatic carbocycles. The van der Waals surface area contributed by atoms with Crippen molar-refractivity contribution in [3.8, 4) is 5.75 Å². The highest BCUT2D eigenvalue weighted by molar-refractivity contribution is 5.85. The number of hydrogen-bond donors (Lipinski definition) is 2. The molecule has 0 atom stereocenters. The Hall–Kier alpha value is -1.62. The number of carbonyl (C=O) groups excluding carboxylic acids is 1. The molecule has 1 fully saturated rings. The van der Waals surface area contributed by atoms with Gasteiger partial charge in [-0.3, -0.25) is 4.79 Å². The van der Waals surface area contributed by atoms with E-state index in [9.17, 15) is 14.3 Å². The zero-order valence-corrected chi connectivity index (χ0v) is 10.9. The van der Waals surface area contributed by atoms with Crippen LogP contribution in [0.25, 0.3) is 0 Å². The number of hydrogen-bond acceptors (Lipinski definition) is 3. The Balaban J connectivity index is 1.95. The largest absolute Gasteiger partial charge is 0.494 e. The van der Waals surface area contributed by atoms with E-state index in [1.54, 1.807) is 6.07 Å². The number of rotatable bonds is 4. The van der Waals surface area contributed by atoms with Crippen molar-refractivity contribution in [1.29, 1.82) is 0 Å². The van der Waals surface area contributed by atoms with Gasteiger partial charge in [-0.2, -0.15) is 0 Å². The second-order valence-corrected chi connectivity index (χ2v) is 4.89. The van der Waals surface area contributed by atoms with Crippen molar-refractivity contribution in [2.45, 2.75) is 37.8 Å². The Morgan fingerprint density at radius 3 is 2.74 bits per heavy atom. The van der Waals surface area contributed by atoms with Crippen LogP contribution in [0, 0.1) is 5.82 Å². The first-order valence-corrected chi connectivity index (χ1v) is 6.38. The predicted octanol–water partition coefficient (Wildman–Crippen LogP) is 1.76. The van der Waals surface area contributed by atoms with Crippen LogP contribution in [0.15, 0.2) is 18.2 Å². The fourth-order valence-electron chi connectivity index (χ4n) is 2.35. The highest BCUT2D eigenvalue weighted by atomic mass is 19.1. The van der Waals surface area contributed by atoms with Crippen LogP contribution in [0.2, 0.25) is 0 Å². The summed E-state index contributed by atoms with van der Waals surface area (Å²) in [6.07, 6.45) is 2.72. The highest BCUT2D eigenvalue weighted by Gasteiger charge is 2.38. The molecule has 0 aliphatic heterocycles. The predicted molar refractivity (Wildman–Crippen MR) is 68.2 cm³/mol. The maximum atomic E-state index is 13.5. The third-order valence-electron chi connectivity index (χ3n) is 3.52. The summed E-state index contributed by atoms with van der Waals surface area (Å²) in [5.74, 6) is -0.667. The number of benzene rings is 1. The molecule has 4 nitrogen and oxygen atoms in total. The van der Waals surface area contributed by atoms with Crippen LogP contribution < -0.4 is 10.1 Å². The van der Waals surface area contributed by atoms with Crippen molar-refractivity contribution in [1.82, 2.24) is 5.32 Å². The highest BCUT2D eigenvalue weighted by Crippen LogP contribution is 2.29. The van der Waals surface area contributed by atoms with Crippen LogP contribution in [0.3, 0.4) is 0 Å². The van der Waals surface area contributed by atoms with E-state index in [2.05, 4.69) is 5.32 Å². The summed E-state index contributed by atoms with van der Waals surface area (Å²) in [5.41, 5.74) is -0.612. The maximum Gasteiger partial charge on any atom is 0.252 e. The van der Waals surface area contributed by atoms with Crippen molar-refractivity contribution in [2.75, 3.05) is 7.11 Å². The summed E-state index contributed by atoms with van der Waals surface area (Å²) in [6.45, 7) is 0.196. The SMILES string of the molecule is COc1ccc(CNC(=O)C2(O)CCCC2)cc1F. The van der Waals surface area contributed by atoms with Gasteiger partial charge in [-0.25, -0.2) is 4.39 Å². The lowest BCUT2D eigenvalue weighted by atomic mass is 10.0. The molecule has 1 aliphatic carbocycles. The molecule has 1 aromatic rings. The Morgan fingerprint density at radius 1 is 1.47 bits per heavy atom. The number of halogens is 1. The normalized spacial score (nSPS) is 17.2. The fourth-order valence-corrected chi connectivity index (χ4v) is 2.35. The van der Waals surface area contributed by atoms with E-state index in [1.807, 2.05) is 0 Å². The third-order valence-corrected chi connectivity index (χ3v) is 3.52. The Labute approximate surface area is 111 Å². The quantitative estimate of drug-likeness (QED) is 0.874. The van der Waals surface area contributed by atoms with E-state index < -0.39 is 11.4 Å². The Morgan fingerprint density at radius 2 is 2.16 bits per heavy atom. The van der Waals surface area contributed by atoms with Crippen molar-refractivity contribution in [3.63, 3.8) is 0 Å². The van der Waals surface area contributed by atoms with E-state index in [4.69, 9.17) is 4.74 Å². The third kappa shape index (κ3) is 3.04. The number of aliphatic hydroxyl groups is 1. The topological polar surface area (TPSA) is 58.6 Å². The second kappa shape index (κ2) is 5.57. The van der Waals surface area contributed by atoms with Gasteiger partial charge in [0.05, 0.1) is 7.11 Å². The zero-order valence-electron chi connectivity index (χ0n) is 10.9. The molecule has 0 saturated heterocycles. The molecule has 0 heterocycles. The molecular weight excluding hydrogens is 249 g/mol. The van der Waals surface area contributed by atoms with Gasteiger partial charge in [-0.05, 0) is 43.4 Å². The summed E-state index contributed by atoms with van der Waals surface area (Å²) < 4.78 is 18.3. The van der Waals surface area contributed by atoms with Crippen LogP contribution in [-0.4, -0.2) is 23.7 Å². The molecule has 1 saturated carbocycles. The first kappa shape index (κ1) is 13.8. The van der Waals surface area contributed by atoms with Gasteiger partial charge < -0.3 is 15.2 Å². The van der Waals surface area contributed by atoms with Gasteiger partial charge in [0, 0.05) is 6.54 Å². The number of carbonyl (C=O) groups is 1. The maximum absolute atomic E-state index is 13.5. The molecule has 0 bridgehead atoms. The van der Waals surface area contributed by atoms with Crippen LogP contribution in [0.1, 0.15) is 31.2 Å². The lowest BCUT2D eigenvalue weighted by molar-refractivity contribution is -0.139. The number of methoxy groups -OCH3 is 1. The molecule has 0 unspecified atom stereocenters. The van der Waals surface area contributed by atoms with Crippen LogP contribution >= 0.6 is 0 Å². The van der Waals surface area contributed by atoms with Crippen LogP contribution in [-0.2, 0) is 11.3 Å². The first-order chi connectivity index (χ1) is 9.05. The fraction of sp³-hybridized carbons (Fsp3) is 0.500. The van der Waals surface area contributed by atoms with Crippen molar-refractivity contribution >= 4 is 5.91 Å². The van der Waals surface area contributed by atoms with Gasteiger partial charge in [0.25, 0.3) is 5.91 Å². The molecule has 0 radical (unpaired) electrons. The summed E-state index contributed by atoms with van der Waals surface area (Å²) in [4.78, 5) is 11.9. The molecule has 0 aromatic heterocycles. The summed E-state index contributed by atoms with van der Waals surface area (Å²) >= 11 is 0. The molecule has 5 heteroatoms. The van der Waals surface area contributed by atoms with Gasteiger partial charge in [0.2, 0.25) is 0 Å². The average Bonchev–Trinajstić information content (AvgIpc) is 2.84.